The van der Waals surface area contributed by atoms with Crippen molar-refractivity contribution in [2.24, 2.45) is 0 Å². The zero-order valence-corrected chi connectivity index (χ0v) is 14.9. The van der Waals surface area contributed by atoms with Crippen molar-refractivity contribution in [3.05, 3.63) is 46.6 Å². The van der Waals surface area contributed by atoms with Crippen molar-refractivity contribution < 1.29 is 8.42 Å². The van der Waals surface area contributed by atoms with Gasteiger partial charge in [-0.1, -0.05) is 12.1 Å². The number of hydrogen-bond acceptors (Lipinski definition) is 4. The van der Waals surface area contributed by atoms with Crippen LogP contribution in [0.2, 0.25) is 0 Å². The van der Waals surface area contributed by atoms with Crippen molar-refractivity contribution in [3.8, 4) is 0 Å². The lowest BCUT2D eigenvalue weighted by molar-refractivity contribution is 0.341. The average molecular weight is 350 g/mol. The molecule has 0 aliphatic heterocycles. The molecule has 1 aliphatic carbocycles. The van der Waals surface area contributed by atoms with Crippen LogP contribution in [0.4, 0.5) is 0 Å². The molecule has 24 heavy (non-hydrogen) atoms. The molecule has 8 heteroatoms. The van der Waals surface area contributed by atoms with Gasteiger partial charge in [0.1, 0.15) is 6.33 Å². The number of nitrogens with one attached hydrogen (secondary N) is 1. The van der Waals surface area contributed by atoms with Crippen LogP contribution < -0.4 is 10.4 Å². The molecule has 1 aliphatic rings. The maximum absolute atomic E-state index is 12.3. The lowest BCUT2D eigenvalue weighted by Crippen LogP contribution is -2.35. The van der Waals surface area contributed by atoms with Gasteiger partial charge in [-0.05, 0) is 51.3 Å². The van der Waals surface area contributed by atoms with Crippen molar-refractivity contribution >= 4 is 10.0 Å². The van der Waals surface area contributed by atoms with E-state index in [1.54, 1.807) is 24.3 Å². The Morgan fingerprint density at radius 3 is 2.33 bits per heavy atom. The molecular weight excluding hydrogens is 328 g/mol. The van der Waals surface area contributed by atoms with Crippen LogP contribution >= 0.6 is 0 Å². The summed E-state index contributed by atoms with van der Waals surface area (Å²) in [6, 6.07) is 6.67. The summed E-state index contributed by atoms with van der Waals surface area (Å²) in [6.45, 7) is 6.10. The highest BCUT2D eigenvalue weighted by atomic mass is 32.2. The Hall–Kier alpha value is -1.93. The van der Waals surface area contributed by atoms with Crippen molar-refractivity contribution in [2.75, 3.05) is 0 Å². The van der Waals surface area contributed by atoms with E-state index in [-0.39, 0.29) is 22.2 Å². The minimum atomic E-state index is -3.45. The van der Waals surface area contributed by atoms with Crippen LogP contribution in [0.15, 0.2) is 40.3 Å². The van der Waals surface area contributed by atoms with Gasteiger partial charge in [0.05, 0.1) is 17.0 Å². The van der Waals surface area contributed by atoms with Crippen LogP contribution in [0.25, 0.3) is 0 Å². The van der Waals surface area contributed by atoms with E-state index in [4.69, 9.17) is 0 Å². The van der Waals surface area contributed by atoms with Crippen molar-refractivity contribution in [1.82, 2.24) is 19.1 Å². The summed E-state index contributed by atoms with van der Waals surface area (Å²) in [6.07, 6.45) is 3.31. The summed E-state index contributed by atoms with van der Waals surface area (Å²) >= 11 is 0. The summed E-state index contributed by atoms with van der Waals surface area (Å²) in [5, 5.41) is 4.14. The van der Waals surface area contributed by atoms with E-state index in [0.29, 0.717) is 6.54 Å². The maximum atomic E-state index is 12.3. The summed E-state index contributed by atoms with van der Waals surface area (Å²) in [5.41, 5.74) is 0.278. The van der Waals surface area contributed by atoms with E-state index in [2.05, 4.69) is 9.82 Å². The third kappa shape index (κ3) is 3.59. The molecule has 0 saturated heterocycles. The van der Waals surface area contributed by atoms with Crippen molar-refractivity contribution in [1.29, 1.82) is 0 Å². The van der Waals surface area contributed by atoms with Crippen LogP contribution in [-0.2, 0) is 22.1 Å². The van der Waals surface area contributed by atoms with Crippen molar-refractivity contribution in [2.45, 2.75) is 56.6 Å². The zero-order chi connectivity index (χ0) is 17.5. The fourth-order valence-electron chi connectivity index (χ4n) is 2.36. The standard InChI is InChI=1S/C16H22N4O3S/c1-16(2,3)20-15(21)19(11-17-20)10-12-4-8-14(9-5-12)24(22,23)18-13-6-7-13/h4-5,8-9,11,13,18H,6-7,10H2,1-3H3. The Morgan fingerprint density at radius 1 is 1.21 bits per heavy atom. The van der Waals surface area contributed by atoms with Gasteiger partial charge in [-0.3, -0.25) is 4.57 Å². The topological polar surface area (TPSA) is 86.0 Å². The summed E-state index contributed by atoms with van der Waals surface area (Å²) in [4.78, 5) is 12.6. The number of rotatable bonds is 5. The minimum absolute atomic E-state index is 0.0801. The Kier molecular flexibility index (Phi) is 4.13. The van der Waals surface area contributed by atoms with E-state index >= 15 is 0 Å². The maximum Gasteiger partial charge on any atom is 0.346 e. The number of nitrogens with zero attached hydrogens (tertiary/aromatic N) is 3. The van der Waals surface area contributed by atoms with Gasteiger partial charge in [-0.2, -0.15) is 5.10 Å². The molecule has 0 atom stereocenters. The molecule has 2 aromatic rings. The number of aromatic nitrogens is 3. The molecule has 0 spiro atoms. The largest absolute Gasteiger partial charge is 0.346 e. The molecule has 1 N–H and O–H groups in total. The molecule has 0 amide bonds. The minimum Gasteiger partial charge on any atom is -0.277 e. The first kappa shape index (κ1) is 16.9. The predicted octanol–water partition coefficient (Wildman–Crippen LogP) is 1.29. The van der Waals surface area contributed by atoms with Crippen LogP contribution in [-0.4, -0.2) is 28.8 Å². The SMILES string of the molecule is CC(C)(C)n1ncn(Cc2ccc(S(=O)(=O)NC3CC3)cc2)c1=O. The van der Waals surface area contributed by atoms with Crippen molar-refractivity contribution in [3.63, 3.8) is 0 Å². The first-order valence-corrected chi connectivity index (χ1v) is 9.41. The molecule has 0 bridgehead atoms. The Bertz CT molecular complexity index is 885. The molecule has 7 nitrogen and oxygen atoms in total. The zero-order valence-electron chi connectivity index (χ0n) is 14.1. The lowest BCUT2D eigenvalue weighted by Gasteiger charge is -2.16. The quantitative estimate of drug-likeness (QED) is 0.880. The van der Waals surface area contributed by atoms with E-state index in [0.717, 1.165) is 18.4 Å². The van der Waals surface area contributed by atoms with Crippen LogP contribution in [0, 0.1) is 0 Å². The Morgan fingerprint density at radius 2 is 1.83 bits per heavy atom. The van der Waals surface area contributed by atoms with Gasteiger partial charge < -0.3 is 0 Å². The van der Waals surface area contributed by atoms with E-state index in [9.17, 15) is 13.2 Å². The highest BCUT2D eigenvalue weighted by molar-refractivity contribution is 7.89. The molecule has 3 rings (SSSR count). The normalized spacial score (nSPS) is 15.6. The van der Waals surface area contributed by atoms with Crippen LogP contribution in [0.1, 0.15) is 39.2 Å². The highest BCUT2D eigenvalue weighted by Gasteiger charge is 2.27. The molecule has 1 saturated carbocycles. The lowest BCUT2D eigenvalue weighted by atomic mass is 10.1. The van der Waals surface area contributed by atoms with Gasteiger partial charge in [0.2, 0.25) is 10.0 Å². The van der Waals surface area contributed by atoms with Gasteiger partial charge in [0.25, 0.3) is 0 Å². The van der Waals surface area contributed by atoms with Crippen LogP contribution in [0.3, 0.4) is 0 Å². The number of benzene rings is 1. The molecule has 0 unspecified atom stereocenters. The second kappa shape index (κ2) is 5.86. The third-order valence-corrected chi connectivity index (χ3v) is 5.39. The molecule has 130 valence electrons. The molecular formula is C16H22N4O3S. The second-order valence-electron chi connectivity index (χ2n) is 7.16. The smallest absolute Gasteiger partial charge is 0.277 e. The molecule has 1 heterocycles. The molecule has 0 radical (unpaired) electrons. The van der Waals surface area contributed by atoms with Gasteiger partial charge in [0, 0.05) is 6.04 Å². The number of hydrogen-bond donors (Lipinski definition) is 1. The Balaban J connectivity index is 1.77. The van der Waals surface area contributed by atoms with Gasteiger partial charge in [-0.25, -0.2) is 22.6 Å². The van der Waals surface area contributed by atoms with Gasteiger partial charge in [-0.15, -0.1) is 0 Å². The molecule has 1 aromatic carbocycles. The van der Waals surface area contributed by atoms with Crippen LogP contribution in [0.5, 0.6) is 0 Å². The third-order valence-electron chi connectivity index (χ3n) is 3.85. The second-order valence-corrected chi connectivity index (χ2v) is 8.88. The van der Waals surface area contributed by atoms with E-state index in [1.807, 2.05) is 20.8 Å². The summed E-state index contributed by atoms with van der Waals surface area (Å²) < 4.78 is 29.9. The molecule has 1 aromatic heterocycles. The summed E-state index contributed by atoms with van der Waals surface area (Å²) in [7, 11) is -3.45. The predicted molar refractivity (Wildman–Crippen MR) is 90.4 cm³/mol. The summed E-state index contributed by atoms with van der Waals surface area (Å²) in [5.74, 6) is 0. The fraction of sp³-hybridized carbons (Fsp3) is 0.500. The Labute approximate surface area is 141 Å². The van der Waals surface area contributed by atoms with Gasteiger partial charge in [0.15, 0.2) is 0 Å². The highest BCUT2D eigenvalue weighted by Crippen LogP contribution is 2.22. The monoisotopic (exact) mass is 350 g/mol. The first-order valence-electron chi connectivity index (χ1n) is 7.93. The fourth-order valence-corrected chi connectivity index (χ4v) is 3.67. The first-order chi connectivity index (χ1) is 11.2. The van der Waals surface area contributed by atoms with Gasteiger partial charge >= 0.3 is 5.69 Å². The van der Waals surface area contributed by atoms with E-state index in [1.165, 1.54) is 15.6 Å². The molecule has 1 fully saturated rings. The average Bonchev–Trinajstić information content (AvgIpc) is 3.20. The van der Waals surface area contributed by atoms with E-state index < -0.39 is 10.0 Å². The number of sulfonamides is 1.